The van der Waals surface area contributed by atoms with E-state index in [4.69, 9.17) is 15.0 Å². The third-order valence-electron chi connectivity index (χ3n) is 3.63. The topological polar surface area (TPSA) is 134 Å². The first-order chi connectivity index (χ1) is 12.1. The van der Waals surface area contributed by atoms with Gasteiger partial charge in [-0.1, -0.05) is 35.1 Å². The highest BCUT2D eigenvalue weighted by Crippen LogP contribution is 2.36. The monoisotopic (exact) mass is 369 g/mol. The van der Waals surface area contributed by atoms with E-state index in [0.717, 1.165) is 4.90 Å². The summed E-state index contributed by atoms with van der Waals surface area (Å²) in [6, 6.07) is 8.24. The molecule has 5 unspecified atom stereocenters. The second-order valence-corrected chi connectivity index (χ2v) is 6.37. The Labute approximate surface area is 148 Å². The summed E-state index contributed by atoms with van der Waals surface area (Å²) in [6.07, 6.45) is -3.11. The van der Waals surface area contributed by atoms with Crippen molar-refractivity contribution in [2.75, 3.05) is 20.3 Å². The average molecular weight is 369 g/mol. The Morgan fingerprint density at radius 3 is 2.76 bits per heavy atom. The maximum atomic E-state index is 11.4. The number of ether oxygens (including phenoxy) is 3. The van der Waals surface area contributed by atoms with Crippen LogP contribution in [0.4, 0.5) is 0 Å². The minimum Gasteiger partial charge on any atom is -0.467 e. The summed E-state index contributed by atoms with van der Waals surface area (Å²) in [4.78, 5) is 15.0. The number of nitrogens with zero attached hydrogens (tertiary/aromatic N) is 3. The van der Waals surface area contributed by atoms with E-state index in [0.29, 0.717) is 0 Å². The standard InChI is InChI=1S/C15H19N3O6S/c1-22-11(20)8-23-14-12(17-18-16)13(21)10(7-19)24-15(14)25-9-5-3-2-4-6-9/h2-6,10,12-15,19,21H,7-8H2,1H3. The Balaban J connectivity index is 2.25. The van der Waals surface area contributed by atoms with Gasteiger partial charge in [0, 0.05) is 9.81 Å². The Hall–Kier alpha value is -1.81. The zero-order chi connectivity index (χ0) is 18.2. The lowest BCUT2D eigenvalue weighted by molar-refractivity contribution is -0.182. The quantitative estimate of drug-likeness (QED) is 0.318. The smallest absolute Gasteiger partial charge is 0.331 e. The summed E-state index contributed by atoms with van der Waals surface area (Å²) in [7, 11) is 1.22. The number of aliphatic hydroxyl groups excluding tert-OH is 2. The first kappa shape index (κ1) is 19.5. The van der Waals surface area contributed by atoms with Crippen molar-refractivity contribution in [3.63, 3.8) is 0 Å². The van der Waals surface area contributed by atoms with Gasteiger partial charge in [-0.05, 0) is 17.7 Å². The van der Waals surface area contributed by atoms with Gasteiger partial charge in [0.2, 0.25) is 0 Å². The minimum absolute atomic E-state index is 0.385. The molecule has 0 spiro atoms. The van der Waals surface area contributed by atoms with Crippen LogP contribution in [0.2, 0.25) is 0 Å². The van der Waals surface area contributed by atoms with Gasteiger partial charge in [-0.15, -0.1) is 0 Å². The Bertz CT molecular complexity index is 613. The van der Waals surface area contributed by atoms with Gasteiger partial charge in [-0.2, -0.15) is 0 Å². The van der Waals surface area contributed by atoms with E-state index in [1.807, 2.05) is 30.3 Å². The lowest BCUT2D eigenvalue weighted by atomic mass is 9.98. The molecule has 0 radical (unpaired) electrons. The zero-order valence-corrected chi connectivity index (χ0v) is 14.3. The van der Waals surface area contributed by atoms with Crippen LogP contribution in [0.1, 0.15) is 0 Å². The van der Waals surface area contributed by atoms with E-state index in [1.165, 1.54) is 18.9 Å². The van der Waals surface area contributed by atoms with Crippen LogP contribution in [0.15, 0.2) is 40.3 Å². The molecule has 1 aliphatic rings. The van der Waals surface area contributed by atoms with E-state index < -0.39 is 42.4 Å². The Morgan fingerprint density at radius 2 is 2.16 bits per heavy atom. The molecule has 0 bridgehead atoms. The van der Waals surface area contributed by atoms with Crippen LogP contribution in [-0.2, 0) is 19.0 Å². The molecule has 0 amide bonds. The molecule has 10 heteroatoms. The maximum Gasteiger partial charge on any atom is 0.331 e. The number of esters is 1. The van der Waals surface area contributed by atoms with Gasteiger partial charge in [0.05, 0.1) is 25.9 Å². The van der Waals surface area contributed by atoms with E-state index in [9.17, 15) is 15.0 Å². The van der Waals surface area contributed by atoms with Crippen LogP contribution >= 0.6 is 11.8 Å². The number of benzene rings is 1. The number of azide groups is 1. The lowest BCUT2D eigenvalue weighted by Crippen LogP contribution is -2.57. The van der Waals surface area contributed by atoms with Crippen LogP contribution in [0, 0.1) is 0 Å². The highest BCUT2D eigenvalue weighted by molar-refractivity contribution is 7.99. The zero-order valence-electron chi connectivity index (χ0n) is 13.5. The third kappa shape index (κ3) is 5.08. The highest BCUT2D eigenvalue weighted by Gasteiger charge is 2.46. The number of thioether (sulfide) groups is 1. The molecule has 5 atom stereocenters. The Kier molecular flexibility index (Phi) is 7.51. The molecule has 136 valence electrons. The van der Waals surface area contributed by atoms with Crippen molar-refractivity contribution in [2.45, 2.75) is 34.7 Å². The fourth-order valence-corrected chi connectivity index (χ4v) is 3.53. The largest absolute Gasteiger partial charge is 0.467 e. The summed E-state index contributed by atoms with van der Waals surface area (Å²) in [5.74, 6) is -0.609. The summed E-state index contributed by atoms with van der Waals surface area (Å²) in [6.45, 7) is -0.835. The number of hydrogen-bond acceptors (Lipinski definition) is 8. The van der Waals surface area contributed by atoms with E-state index in [-0.39, 0.29) is 6.61 Å². The predicted octanol–water partition coefficient (Wildman–Crippen LogP) is 1.09. The highest BCUT2D eigenvalue weighted by atomic mass is 32.2. The van der Waals surface area contributed by atoms with Crippen molar-refractivity contribution in [2.24, 2.45) is 5.11 Å². The molecular formula is C15H19N3O6S. The summed E-state index contributed by atoms with van der Waals surface area (Å²) >= 11 is 1.28. The van der Waals surface area contributed by atoms with E-state index in [2.05, 4.69) is 14.8 Å². The van der Waals surface area contributed by atoms with Crippen LogP contribution in [0.5, 0.6) is 0 Å². The molecule has 0 saturated carbocycles. The van der Waals surface area contributed by atoms with Crippen LogP contribution in [0.25, 0.3) is 10.4 Å². The van der Waals surface area contributed by atoms with Gasteiger partial charge in [0.15, 0.2) is 0 Å². The minimum atomic E-state index is -1.27. The van der Waals surface area contributed by atoms with Gasteiger partial charge in [0.25, 0.3) is 0 Å². The molecule has 1 aromatic carbocycles. The first-order valence-electron chi connectivity index (χ1n) is 7.49. The van der Waals surface area contributed by atoms with Crippen molar-refractivity contribution in [3.8, 4) is 0 Å². The summed E-state index contributed by atoms with van der Waals surface area (Å²) in [5.41, 5.74) is 8.10. The second kappa shape index (κ2) is 9.62. The van der Waals surface area contributed by atoms with Crippen molar-refractivity contribution < 1.29 is 29.2 Å². The third-order valence-corrected chi connectivity index (χ3v) is 4.78. The normalized spacial score (nSPS) is 28.8. The van der Waals surface area contributed by atoms with Crippen molar-refractivity contribution in [1.29, 1.82) is 0 Å². The van der Waals surface area contributed by atoms with Gasteiger partial charge < -0.3 is 24.4 Å². The SMILES string of the molecule is COC(=O)COC1C(Sc2ccccc2)OC(CO)C(O)C1N=[N+]=[N-]. The predicted molar refractivity (Wildman–Crippen MR) is 88.7 cm³/mol. The number of methoxy groups -OCH3 is 1. The van der Waals surface area contributed by atoms with Crippen molar-refractivity contribution in [1.82, 2.24) is 0 Å². The summed E-state index contributed by atoms with van der Waals surface area (Å²) < 4.78 is 15.8. The molecule has 1 aliphatic heterocycles. The fourth-order valence-electron chi connectivity index (χ4n) is 2.38. The molecule has 1 heterocycles. The number of carbonyl (C=O) groups excluding carboxylic acids is 1. The van der Waals surface area contributed by atoms with Gasteiger partial charge in [-0.3, -0.25) is 0 Å². The number of rotatable bonds is 7. The molecule has 1 fully saturated rings. The van der Waals surface area contributed by atoms with E-state index >= 15 is 0 Å². The Morgan fingerprint density at radius 1 is 1.44 bits per heavy atom. The number of carbonyl (C=O) groups is 1. The molecule has 1 aromatic rings. The molecular weight excluding hydrogens is 350 g/mol. The fraction of sp³-hybridized carbons (Fsp3) is 0.533. The summed E-state index contributed by atoms with van der Waals surface area (Å²) in [5, 5.41) is 23.3. The number of aliphatic hydroxyl groups is 2. The molecule has 0 aliphatic carbocycles. The molecule has 2 rings (SSSR count). The van der Waals surface area contributed by atoms with Crippen molar-refractivity contribution in [3.05, 3.63) is 40.8 Å². The first-order valence-corrected chi connectivity index (χ1v) is 8.37. The maximum absolute atomic E-state index is 11.4. The molecule has 9 nitrogen and oxygen atoms in total. The van der Waals surface area contributed by atoms with E-state index in [1.54, 1.807) is 0 Å². The molecule has 0 aromatic heterocycles. The molecule has 2 N–H and O–H groups in total. The number of hydrogen-bond donors (Lipinski definition) is 2. The van der Waals surface area contributed by atoms with Gasteiger partial charge in [-0.25, -0.2) is 4.79 Å². The molecule has 1 saturated heterocycles. The van der Waals surface area contributed by atoms with Crippen LogP contribution in [0.3, 0.4) is 0 Å². The van der Waals surface area contributed by atoms with Crippen molar-refractivity contribution >= 4 is 17.7 Å². The molecule has 25 heavy (non-hydrogen) atoms. The lowest BCUT2D eigenvalue weighted by Gasteiger charge is -2.42. The van der Waals surface area contributed by atoms with Crippen LogP contribution < -0.4 is 0 Å². The van der Waals surface area contributed by atoms with Crippen LogP contribution in [-0.4, -0.2) is 66.3 Å². The van der Waals surface area contributed by atoms with Gasteiger partial charge >= 0.3 is 5.97 Å². The average Bonchev–Trinajstić information content (AvgIpc) is 2.64. The van der Waals surface area contributed by atoms with Gasteiger partial charge in [0.1, 0.15) is 24.3 Å². The second-order valence-electron chi connectivity index (χ2n) is 5.19.